The Balaban J connectivity index is 2.06. The van der Waals surface area contributed by atoms with Crippen LogP contribution in [-0.4, -0.2) is 19.7 Å². The summed E-state index contributed by atoms with van der Waals surface area (Å²) in [5.41, 5.74) is 9.13. The third-order valence-electron chi connectivity index (χ3n) is 4.42. The van der Waals surface area contributed by atoms with Crippen LogP contribution in [0.25, 0.3) is 12.2 Å². The van der Waals surface area contributed by atoms with Gasteiger partial charge in [-0.3, -0.25) is 4.79 Å². The van der Waals surface area contributed by atoms with Gasteiger partial charge in [0.15, 0.2) is 12.6 Å². The highest BCUT2D eigenvalue weighted by Gasteiger charge is 2.20. The Morgan fingerprint density at radius 2 is 1.86 bits per heavy atom. The number of ether oxygens (including phenoxy) is 2. The molecule has 3 aromatic rings. The van der Waals surface area contributed by atoms with Crippen LogP contribution in [0.2, 0.25) is 0 Å². The molecule has 2 aromatic carbocycles. The second-order valence-electron chi connectivity index (χ2n) is 6.42. The third-order valence-corrected chi connectivity index (χ3v) is 4.42. The van der Waals surface area contributed by atoms with Gasteiger partial charge < -0.3 is 19.6 Å². The van der Waals surface area contributed by atoms with Crippen molar-refractivity contribution in [2.75, 3.05) is 19.6 Å². The van der Waals surface area contributed by atoms with Crippen LogP contribution in [-0.2, 0) is 4.74 Å². The zero-order chi connectivity index (χ0) is 20.1. The number of aryl methyl sites for hydroxylation is 2. The summed E-state index contributed by atoms with van der Waals surface area (Å²) in [4.78, 5) is 13.1. The standard InChI is InChI=1S/C23H23NO4/c1-15-13-19(28-16(15)2)11-9-18-10-12-20(24)21(23(18)27-14-26-3)22(25)17-7-5-4-6-8-17/h4-13H,14,24H2,1-3H3/b11-9+. The fourth-order valence-corrected chi connectivity index (χ4v) is 2.84. The number of benzene rings is 2. The van der Waals surface area contributed by atoms with Crippen molar-refractivity contribution >= 4 is 23.6 Å². The molecule has 0 fully saturated rings. The first-order valence-corrected chi connectivity index (χ1v) is 8.90. The summed E-state index contributed by atoms with van der Waals surface area (Å²) in [6.45, 7) is 3.90. The molecule has 0 spiro atoms. The van der Waals surface area contributed by atoms with Gasteiger partial charge >= 0.3 is 0 Å². The highest BCUT2D eigenvalue weighted by atomic mass is 16.7. The largest absolute Gasteiger partial charge is 0.466 e. The molecule has 5 heteroatoms. The van der Waals surface area contributed by atoms with E-state index in [4.69, 9.17) is 19.6 Å². The van der Waals surface area contributed by atoms with Crippen molar-refractivity contribution in [3.05, 3.63) is 82.3 Å². The first-order chi connectivity index (χ1) is 13.5. The van der Waals surface area contributed by atoms with Crippen LogP contribution in [0.1, 0.15) is 38.6 Å². The molecular formula is C23H23NO4. The van der Waals surface area contributed by atoms with E-state index in [1.807, 2.05) is 50.3 Å². The van der Waals surface area contributed by atoms with E-state index in [0.717, 1.165) is 17.1 Å². The number of hydrogen-bond donors (Lipinski definition) is 1. The number of hydrogen-bond acceptors (Lipinski definition) is 5. The van der Waals surface area contributed by atoms with Crippen molar-refractivity contribution in [3.8, 4) is 5.75 Å². The summed E-state index contributed by atoms with van der Waals surface area (Å²) in [5, 5.41) is 0. The number of carbonyl (C=O) groups is 1. The smallest absolute Gasteiger partial charge is 0.198 e. The number of methoxy groups -OCH3 is 1. The fourth-order valence-electron chi connectivity index (χ4n) is 2.84. The number of rotatable bonds is 7. The lowest BCUT2D eigenvalue weighted by molar-refractivity contribution is 0.0502. The molecular weight excluding hydrogens is 354 g/mol. The molecule has 0 aliphatic rings. The molecule has 0 aliphatic heterocycles. The van der Waals surface area contributed by atoms with E-state index >= 15 is 0 Å². The van der Waals surface area contributed by atoms with Crippen molar-refractivity contribution in [2.24, 2.45) is 0 Å². The van der Waals surface area contributed by atoms with Crippen LogP contribution >= 0.6 is 0 Å². The lowest BCUT2D eigenvalue weighted by atomic mass is 9.97. The maximum atomic E-state index is 13.1. The average molecular weight is 377 g/mol. The quantitative estimate of drug-likeness (QED) is 0.361. The van der Waals surface area contributed by atoms with Gasteiger partial charge in [-0.15, -0.1) is 0 Å². The van der Waals surface area contributed by atoms with Crippen LogP contribution in [0.4, 0.5) is 5.69 Å². The maximum absolute atomic E-state index is 13.1. The molecule has 0 saturated carbocycles. The molecule has 1 aromatic heterocycles. The van der Waals surface area contributed by atoms with Gasteiger partial charge in [0.2, 0.25) is 0 Å². The van der Waals surface area contributed by atoms with Gasteiger partial charge in [0.1, 0.15) is 17.3 Å². The van der Waals surface area contributed by atoms with Crippen molar-refractivity contribution in [3.63, 3.8) is 0 Å². The van der Waals surface area contributed by atoms with Crippen molar-refractivity contribution in [1.29, 1.82) is 0 Å². The van der Waals surface area contributed by atoms with Crippen LogP contribution in [0.15, 0.2) is 52.9 Å². The second-order valence-corrected chi connectivity index (χ2v) is 6.42. The number of ketones is 1. The first-order valence-electron chi connectivity index (χ1n) is 8.90. The lowest BCUT2D eigenvalue weighted by Crippen LogP contribution is -2.11. The van der Waals surface area contributed by atoms with E-state index in [9.17, 15) is 4.79 Å². The molecule has 0 saturated heterocycles. The molecule has 0 amide bonds. The Labute approximate surface area is 164 Å². The molecule has 5 nitrogen and oxygen atoms in total. The Bertz CT molecular complexity index is 983. The van der Waals surface area contributed by atoms with E-state index in [-0.39, 0.29) is 12.6 Å². The maximum Gasteiger partial charge on any atom is 0.198 e. The Morgan fingerprint density at radius 1 is 1.11 bits per heavy atom. The molecule has 144 valence electrons. The zero-order valence-corrected chi connectivity index (χ0v) is 16.2. The molecule has 1 heterocycles. The molecule has 0 atom stereocenters. The average Bonchev–Trinajstić information content (AvgIpc) is 3.03. The molecule has 0 radical (unpaired) electrons. The lowest BCUT2D eigenvalue weighted by Gasteiger charge is -2.15. The molecule has 2 N–H and O–H groups in total. The topological polar surface area (TPSA) is 74.7 Å². The Morgan fingerprint density at radius 3 is 2.50 bits per heavy atom. The van der Waals surface area contributed by atoms with Gasteiger partial charge in [0.25, 0.3) is 0 Å². The Hall–Kier alpha value is -3.31. The molecule has 28 heavy (non-hydrogen) atoms. The molecule has 0 aliphatic carbocycles. The summed E-state index contributed by atoms with van der Waals surface area (Å²) in [6, 6.07) is 14.4. The number of anilines is 1. The minimum absolute atomic E-state index is 0.00166. The number of nitrogen functional groups attached to an aromatic ring is 1. The first kappa shape index (κ1) is 19.5. The summed E-state index contributed by atoms with van der Waals surface area (Å²) < 4.78 is 16.5. The summed E-state index contributed by atoms with van der Waals surface area (Å²) in [7, 11) is 1.52. The second kappa shape index (κ2) is 8.59. The third kappa shape index (κ3) is 4.15. The van der Waals surface area contributed by atoms with Crippen LogP contribution in [0.5, 0.6) is 5.75 Å². The normalized spacial score (nSPS) is 11.1. The van der Waals surface area contributed by atoms with Crippen LogP contribution in [0, 0.1) is 13.8 Å². The summed E-state index contributed by atoms with van der Waals surface area (Å²) in [5.74, 6) is 1.77. The minimum Gasteiger partial charge on any atom is -0.466 e. The number of nitrogens with two attached hydrogens (primary N) is 1. The van der Waals surface area contributed by atoms with Crippen LogP contribution < -0.4 is 10.5 Å². The van der Waals surface area contributed by atoms with Gasteiger partial charge in [-0.25, -0.2) is 0 Å². The van der Waals surface area contributed by atoms with Gasteiger partial charge in [-0.1, -0.05) is 30.3 Å². The fraction of sp³-hybridized carbons (Fsp3) is 0.174. The minimum atomic E-state index is -0.204. The van der Waals surface area contributed by atoms with Crippen molar-refractivity contribution < 1.29 is 18.7 Å². The van der Waals surface area contributed by atoms with Gasteiger partial charge in [-0.2, -0.15) is 0 Å². The highest BCUT2D eigenvalue weighted by molar-refractivity contribution is 6.14. The van der Waals surface area contributed by atoms with Gasteiger partial charge in [0.05, 0.1) is 5.56 Å². The predicted molar refractivity (Wildman–Crippen MR) is 110 cm³/mol. The summed E-state index contributed by atoms with van der Waals surface area (Å²) >= 11 is 0. The van der Waals surface area contributed by atoms with Crippen LogP contribution in [0.3, 0.4) is 0 Å². The molecule has 0 bridgehead atoms. The molecule has 0 unspecified atom stereocenters. The SMILES string of the molecule is COCOc1c(/C=C/c2cc(C)c(C)o2)ccc(N)c1C(=O)c1ccccc1. The van der Waals surface area contributed by atoms with Gasteiger partial charge in [-0.05, 0) is 49.8 Å². The molecule has 3 rings (SSSR count). The van der Waals surface area contributed by atoms with E-state index in [1.165, 1.54) is 7.11 Å². The van der Waals surface area contributed by atoms with E-state index in [2.05, 4.69) is 0 Å². The zero-order valence-electron chi connectivity index (χ0n) is 16.2. The summed E-state index contributed by atoms with van der Waals surface area (Å²) in [6.07, 6.45) is 3.67. The number of furan rings is 1. The van der Waals surface area contributed by atoms with E-state index < -0.39 is 0 Å². The highest BCUT2D eigenvalue weighted by Crippen LogP contribution is 2.33. The predicted octanol–water partition coefficient (Wildman–Crippen LogP) is 4.86. The van der Waals surface area contributed by atoms with Crippen molar-refractivity contribution in [1.82, 2.24) is 0 Å². The number of carbonyl (C=O) groups excluding carboxylic acids is 1. The van der Waals surface area contributed by atoms with E-state index in [1.54, 1.807) is 24.3 Å². The van der Waals surface area contributed by atoms with Gasteiger partial charge in [0, 0.05) is 23.9 Å². The monoisotopic (exact) mass is 377 g/mol. The van der Waals surface area contributed by atoms with Crippen molar-refractivity contribution in [2.45, 2.75) is 13.8 Å². The van der Waals surface area contributed by atoms with E-state index in [0.29, 0.717) is 28.1 Å². The Kier molecular flexibility index (Phi) is 5.96.